The molecule has 11 heavy (non-hydrogen) atoms. The molecule has 0 fully saturated rings. The molecule has 0 atom stereocenters. The highest BCUT2D eigenvalue weighted by Crippen LogP contribution is 1.99. The van der Waals surface area contributed by atoms with Gasteiger partial charge in [0.15, 0.2) is 0 Å². The lowest BCUT2D eigenvalue weighted by Gasteiger charge is -1.93. The summed E-state index contributed by atoms with van der Waals surface area (Å²) in [6.07, 6.45) is 3.55. The van der Waals surface area contributed by atoms with E-state index in [-0.39, 0.29) is 12.4 Å². The second-order valence-corrected chi connectivity index (χ2v) is 2.05. The van der Waals surface area contributed by atoms with Crippen LogP contribution < -0.4 is 0 Å². The van der Waals surface area contributed by atoms with Gasteiger partial charge in [0.25, 0.3) is 0 Å². The van der Waals surface area contributed by atoms with Crippen LogP contribution in [0.25, 0.3) is 0 Å². The van der Waals surface area contributed by atoms with Crippen molar-refractivity contribution in [2.45, 2.75) is 26.7 Å². The lowest BCUT2D eigenvalue weighted by molar-refractivity contribution is -0.229. The van der Waals surface area contributed by atoms with Gasteiger partial charge in [-0.05, 0) is 13.3 Å². The Morgan fingerprint density at radius 3 is 2.55 bits per heavy atom. The minimum absolute atomic E-state index is 0. The van der Waals surface area contributed by atoms with Crippen LogP contribution in [0.5, 0.6) is 0 Å². The maximum Gasteiger partial charge on any atom is 0.368 e. The molecular weight excluding hydrogens is 168 g/mol. The highest BCUT2D eigenvalue weighted by molar-refractivity contribution is 5.87. The Morgan fingerprint density at radius 2 is 2.18 bits per heavy atom. The molecule has 0 rings (SSSR count). The third kappa shape index (κ3) is 5.88. The van der Waals surface area contributed by atoms with Crippen LogP contribution in [0.3, 0.4) is 0 Å². The number of carbonyl (C=O) groups is 1. The summed E-state index contributed by atoms with van der Waals surface area (Å²) in [6.45, 7) is 3.61. The van der Waals surface area contributed by atoms with Crippen molar-refractivity contribution < 1.29 is 14.9 Å². The highest BCUT2D eigenvalue weighted by Gasteiger charge is 2.02. The molecule has 0 aromatic carbocycles. The molecule has 0 aliphatic rings. The van der Waals surface area contributed by atoms with Gasteiger partial charge in [0.1, 0.15) is 0 Å². The molecule has 0 saturated heterocycles. The fourth-order valence-electron chi connectivity index (χ4n) is 0.516. The molecule has 0 aromatic heterocycles. The lowest BCUT2D eigenvalue weighted by atomic mass is 10.2. The number of carbonyl (C=O) groups excluding carboxylic acids is 1. The Balaban J connectivity index is 0. The molecule has 66 valence electrons. The molecule has 0 unspecified atom stereocenters. The van der Waals surface area contributed by atoms with Gasteiger partial charge in [0, 0.05) is 5.57 Å². The molecule has 1 N–H and O–H groups in total. The van der Waals surface area contributed by atoms with E-state index in [1.165, 1.54) is 0 Å². The van der Waals surface area contributed by atoms with Gasteiger partial charge in [-0.25, -0.2) is 4.79 Å². The smallest absolute Gasteiger partial charge is 0.296 e. The molecule has 0 aliphatic heterocycles. The summed E-state index contributed by atoms with van der Waals surface area (Å²) in [5.41, 5.74) is 0.448. The second kappa shape index (κ2) is 7.57. The molecule has 4 heteroatoms. The molecule has 0 aromatic rings. The molecule has 0 heterocycles. The zero-order valence-corrected chi connectivity index (χ0v) is 7.48. The summed E-state index contributed by atoms with van der Waals surface area (Å²) in [5.74, 6) is -0.673. The molecule has 0 saturated carbocycles. The largest absolute Gasteiger partial charge is 0.368 e. The van der Waals surface area contributed by atoms with E-state index >= 15 is 0 Å². The minimum Gasteiger partial charge on any atom is -0.296 e. The third-order valence-electron chi connectivity index (χ3n) is 1.14. The predicted molar refractivity (Wildman–Crippen MR) is 44.6 cm³/mol. The van der Waals surface area contributed by atoms with Crippen LogP contribution in [0.2, 0.25) is 0 Å². The third-order valence-corrected chi connectivity index (χ3v) is 1.14. The molecule has 0 aliphatic carbocycles. The Morgan fingerprint density at radius 1 is 1.64 bits per heavy atom. The predicted octanol–water partition coefficient (Wildman–Crippen LogP) is 2.17. The molecule has 0 bridgehead atoms. The molecule has 3 nitrogen and oxygen atoms in total. The van der Waals surface area contributed by atoms with Crippen molar-refractivity contribution in [3.05, 3.63) is 11.6 Å². The summed E-state index contributed by atoms with van der Waals surface area (Å²) in [4.78, 5) is 14.0. The number of hydrogen-bond acceptors (Lipinski definition) is 3. The Hall–Kier alpha value is -0.540. The van der Waals surface area contributed by atoms with E-state index in [1.54, 1.807) is 13.0 Å². The van der Waals surface area contributed by atoms with E-state index < -0.39 is 5.97 Å². The number of allylic oxidation sites excluding steroid dienone is 1. The van der Waals surface area contributed by atoms with Gasteiger partial charge in [-0.2, -0.15) is 5.26 Å². The monoisotopic (exact) mass is 180 g/mol. The van der Waals surface area contributed by atoms with Gasteiger partial charge in [0.2, 0.25) is 0 Å². The van der Waals surface area contributed by atoms with E-state index in [2.05, 4.69) is 4.89 Å². The summed E-state index contributed by atoms with van der Waals surface area (Å²) < 4.78 is 0. The van der Waals surface area contributed by atoms with Crippen molar-refractivity contribution in [3.63, 3.8) is 0 Å². The van der Waals surface area contributed by atoms with E-state index in [0.29, 0.717) is 5.57 Å². The quantitative estimate of drug-likeness (QED) is 0.411. The van der Waals surface area contributed by atoms with Crippen LogP contribution in [0.4, 0.5) is 0 Å². The van der Waals surface area contributed by atoms with Crippen LogP contribution in [0.1, 0.15) is 26.7 Å². The van der Waals surface area contributed by atoms with Crippen molar-refractivity contribution in [2.24, 2.45) is 0 Å². The van der Waals surface area contributed by atoms with E-state index in [9.17, 15) is 4.79 Å². The van der Waals surface area contributed by atoms with Gasteiger partial charge in [-0.3, -0.25) is 4.89 Å². The maximum absolute atomic E-state index is 10.5. The lowest BCUT2D eigenvalue weighted by Crippen LogP contribution is -2.01. The minimum atomic E-state index is -0.673. The summed E-state index contributed by atoms with van der Waals surface area (Å²) in [5, 5.41) is 7.91. The van der Waals surface area contributed by atoms with E-state index in [1.807, 2.05) is 6.92 Å². The number of unbranched alkanes of at least 4 members (excludes halogenated alkanes) is 1. The van der Waals surface area contributed by atoms with Gasteiger partial charge < -0.3 is 0 Å². The Labute approximate surface area is 72.4 Å². The average Bonchev–Trinajstić information content (AvgIpc) is 1.98. The maximum atomic E-state index is 10.5. The molecule has 0 spiro atoms. The number of halogens is 1. The Bertz CT molecular complexity index is 143. The van der Waals surface area contributed by atoms with Gasteiger partial charge in [-0.15, -0.1) is 12.4 Å². The van der Waals surface area contributed by atoms with Gasteiger partial charge >= 0.3 is 5.97 Å². The molecule has 0 amide bonds. The topological polar surface area (TPSA) is 46.5 Å². The van der Waals surface area contributed by atoms with Crippen LogP contribution in [-0.4, -0.2) is 11.2 Å². The van der Waals surface area contributed by atoms with Crippen LogP contribution in [0, 0.1) is 0 Å². The highest BCUT2D eigenvalue weighted by atomic mass is 35.5. The van der Waals surface area contributed by atoms with Gasteiger partial charge in [0.05, 0.1) is 0 Å². The van der Waals surface area contributed by atoms with E-state index in [4.69, 9.17) is 5.26 Å². The zero-order chi connectivity index (χ0) is 7.98. The standard InChI is InChI=1S/C7H12O3.ClH/c1-3-4-5-6(2)7(8)10-9;/h5,9H,3-4H2,1-2H3;1H. The fourth-order valence-corrected chi connectivity index (χ4v) is 0.516. The first-order valence-corrected chi connectivity index (χ1v) is 3.24. The summed E-state index contributed by atoms with van der Waals surface area (Å²) in [6, 6.07) is 0. The summed E-state index contributed by atoms with van der Waals surface area (Å²) >= 11 is 0. The van der Waals surface area contributed by atoms with Crippen molar-refractivity contribution in [2.75, 3.05) is 0 Å². The van der Waals surface area contributed by atoms with Crippen molar-refractivity contribution in [1.82, 2.24) is 0 Å². The first kappa shape index (κ1) is 13.1. The second-order valence-electron chi connectivity index (χ2n) is 2.05. The SMILES string of the molecule is CCCC=C(C)C(=O)OO.Cl. The average molecular weight is 181 g/mol. The first-order chi connectivity index (χ1) is 4.72. The van der Waals surface area contributed by atoms with Crippen molar-refractivity contribution >= 4 is 18.4 Å². The fraction of sp³-hybridized carbons (Fsp3) is 0.571. The van der Waals surface area contributed by atoms with Crippen LogP contribution in [0.15, 0.2) is 11.6 Å². The first-order valence-electron chi connectivity index (χ1n) is 3.24. The molecular formula is C7H13ClO3. The van der Waals surface area contributed by atoms with Crippen molar-refractivity contribution in [3.8, 4) is 0 Å². The number of hydrogen-bond donors (Lipinski definition) is 1. The summed E-state index contributed by atoms with van der Waals surface area (Å²) in [7, 11) is 0. The normalized spacial score (nSPS) is 10.3. The van der Waals surface area contributed by atoms with Crippen molar-refractivity contribution in [1.29, 1.82) is 0 Å². The Kier molecular flexibility index (Phi) is 9.00. The zero-order valence-electron chi connectivity index (χ0n) is 6.66. The van der Waals surface area contributed by atoms with Crippen LogP contribution in [-0.2, 0) is 9.68 Å². The van der Waals surface area contributed by atoms with Crippen LogP contribution >= 0.6 is 12.4 Å². The molecule has 0 radical (unpaired) electrons. The van der Waals surface area contributed by atoms with E-state index in [0.717, 1.165) is 12.8 Å². The van der Waals surface area contributed by atoms with Gasteiger partial charge in [-0.1, -0.05) is 19.4 Å². The number of rotatable bonds is 3.